The first-order valence-corrected chi connectivity index (χ1v) is 13.9. The van der Waals surface area contributed by atoms with Gasteiger partial charge in [-0.15, -0.1) is 0 Å². The Balaban J connectivity index is 1.89. The van der Waals surface area contributed by atoms with Crippen molar-refractivity contribution >= 4 is 21.8 Å². The maximum Gasteiger partial charge on any atom is 0.375 e. The highest BCUT2D eigenvalue weighted by molar-refractivity contribution is 7.90. The number of hydrogen-bond donors (Lipinski definition) is 0. The summed E-state index contributed by atoms with van der Waals surface area (Å²) in [7, 11) is -3.93. The highest BCUT2D eigenvalue weighted by atomic mass is 32.2. The van der Waals surface area contributed by atoms with Crippen LogP contribution in [0.15, 0.2) is 88.2 Å². The quantitative estimate of drug-likeness (QED) is 0.235. The van der Waals surface area contributed by atoms with E-state index in [1.165, 1.54) is 12.1 Å². The average Bonchev–Trinajstić information content (AvgIpc) is 3.28. The number of sulfone groups is 1. The summed E-state index contributed by atoms with van der Waals surface area (Å²) in [5.74, 6) is -2.62. The Morgan fingerprint density at radius 1 is 0.737 bits per heavy atom. The molecule has 0 saturated heterocycles. The maximum absolute atomic E-state index is 13.5. The third-order valence-corrected chi connectivity index (χ3v) is 7.58. The molecule has 0 unspecified atom stereocenters. The zero-order valence-corrected chi connectivity index (χ0v) is 22.2. The summed E-state index contributed by atoms with van der Waals surface area (Å²) in [6.07, 6.45) is 0. The number of furan rings is 1. The van der Waals surface area contributed by atoms with E-state index >= 15 is 0 Å². The van der Waals surface area contributed by atoms with Crippen molar-refractivity contribution in [2.75, 3.05) is 13.2 Å². The number of aryl methyl sites for hydroxylation is 1. The van der Waals surface area contributed by atoms with Gasteiger partial charge in [-0.2, -0.15) is 0 Å². The lowest BCUT2D eigenvalue weighted by Gasteiger charge is -2.09. The monoisotopic (exact) mass is 532 g/mol. The van der Waals surface area contributed by atoms with Gasteiger partial charge in [0.2, 0.25) is 5.76 Å². The Labute approximate surface area is 221 Å². The third-order valence-electron chi connectivity index (χ3n) is 5.92. The molecule has 0 fully saturated rings. The van der Waals surface area contributed by atoms with Crippen molar-refractivity contribution in [3.8, 4) is 22.5 Å². The summed E-state index contributed by atoms with van der Waals surface area (Å²) in [6.45, 7) is 5.16. The van der Waals surface area contributed by atoms with Crippen LogP contribution in [-0.2, 0) is 25.1 Å². The minimum absolute atomic E-state index is 0.0253. The minimum Gasteiger partial charge on any atom is -0.462 e. The number of hydrogen-bond acceptors (Lipinski definition) is 7. The minimum atomic E-state index is -3.93. The number of carbonyl (C=O) groups excluding carboxylic acids is 2. The third kappa shape index (κ3) is 5.70. The van der Waals surface area contributed by atoms with Gasteiger partial charge in [-0.05, 0) is 44.0 Å². The fourth-order valence-electron chi connectivity index (χ4n) is 4.06. The van der Waals surface area contributed by atoms with Gasteiger partial charge >= 0.3 is 11.9 Å². The van der Waals surface area contributed by atoms with Crippen LogP contribution >= 0.6 is 0 Å². The molecule has 8 heteroatoms. The second kappa shape index (κ2) is 11.5. The summed E-state index contributed by atoms with van der Waals surface area (Å²) in [5.41, 5.74) is 3.14. The molecule has 1 heterocycles. The van der Waals surface area contributed by atoms with Gasteiger partial charge in [-0.1, -0.05) is 72.3 Å². The summed E-state index contributed by atoms with van der Waals surface area (Å²) in [6, 6.07) is 23.4. The normalized spacial score (nSPS) is 11.2. The van der Waals surface area contributed by atoms with E-state index in [-0.39, 0.29) is 40.8 Å². The molecule has 0 amide bonds. The Morgan fingerprint density at radius 2 is 1.29 bits per heavy atom. The van der Waals surface area contributed by atoms with E-state index in [0.717, 1.165) is 16.7 Å². The van der Waals surface area contributed by atoms with Crippen LogP contribution in [0.3, 0.4) is 0 Å². The van der Waals surface area contributed by atoms with Crippen LogP contribution in [0.5, 0.6) is 0 Å². The molecule has 7 nitrogen and oxygen atoms in total. The lowest BCUT2D eigenvalue weighted by molar-refractivity contribution is 0.0452. The Morgan fingerprint density at radius 3 is 1.89 bits per heavy atom. The largest absolute Gasteiger partial charge is 0.462 e. The molecule has 0 saturated carbocycles. The van der Waals surface area contributed by atoms with Gasteiger partial charge in [0, 0.05) is 11.1 Å². The second-order valence-corrected chi connectivity index (χ2v) is 10.6. The Bertz CT molecular complexity index is 1530. The highest BCUT2D eigenvalue weighted by Crippen LogP contribution is 2.36. The van der Waals surface area contributed by atoms with E-state index in [1.54, 1.807) is 38.1 Å². The Hall–Kier alpha value is -4.17. The SMILES string of the molecule is CCOC(=O)c1oc(-c2ccc(-c3ccccc3)cc2)c(CS(=O)(=O)c2ccc(C)cc2)c1C(=O)OCC. The zero-order chi connectivity index (χ0) is 27.3. The van der Waals surface area contributed by atoms with Crippen LogP contribution in [-0.4, -0.2) is 33.6 Å². The topological polar surface area (TPSA) is 99.9 Å². The lowest BCUT2D eigenvalue weighted by atomic mass is 10.0. The number of benzene rings is 3. The zero-order valence-electron chi connectivity index (χ0n) is 21.4. The van der Waals surface area contributed by atoms with Gasteiger partial charge in [0.05, 0.1) is 23.9 Å². The molecular formula is C30H28O7S. The van der Waals surface area contributed by atoms with Crippen molar-refractivity contribution < 1.29 is 31.9 Å². The standard InChI is InChI=1S/C30H28O7S/c1-4-35-29(31)26-25(19-38(33,34)24-17-11-20(3)12-18-24)27(37-28(26)30(32)36-5-2)23-15-13-22(14-16-23)21-9-7-6-8-10-21/h6-18H,4-5,19H2,1-3H3. The molecule has 4 rings (SSSR count). The van der Waals surface area contributed by atoms with Crippen molar-refractivity contribution in [2.45, 2.75) is 31.4 Å². The lowest BCUT2D eigenvalue weighted by Crippen LogP contribution is -2.15. The van der Waals surface area contributed by atoms with Gasteiger partial charge in [0.1, 0.15) is 11.3 Å². The van der Waals surface area contributed by atoms with Crippen LogP contribution in [0, 0.1) is 6.92 Å². The van der Waals surface area contributed by atoms with Crippen LogP contribution in [0.2, 0.25) is 0 Å². The number of esters is 2. The molecule has 196 valence electrons. The fourth-order valence-corrected chi connectivity index (χ4v) is 5.43. The van der Waals surface area contributed by atoms with Gasteiger partial charge in [0.25, 0.3) is 0 Å². The average molecular weight is 533 g/mol. The molecule has 0 radical (unpaired) electrons. The first-order chi connectivity index (χ1) is 18.2. The van der Waals surface area contributed by atoms with Crippen molar-refractivity contribution in [1.29, 1.82) is 0 Å². The summed E-state index contributed by atoms with van der Waals surface area (Å²) in [4.78, 5) is 26.0. The second-order valence-electron chi connectivity index (χ2n) is 8.57. The molecule has 38 heavy (non-hydrogen) atoms. The number of carbonyl (C=O) groups is 2. The van der Waals surface area contributed by atoms with Crippen molar-refractivity contribution in [3.05, 3.63) is 101 Å². The van der Waals surface area contributed by atoms with Crippen LogP contribution in [0.4, 0.5) is 0 Å². The van der Waals surface area contributed by atoms with Gasteiger partial charge in [-0.3, -0.25) is 0 Å². The first kappa shape index (κ1) is 26.9. The van der Waals surface area contributed by atoms with Crippen LogP contribution in [0.1, 0.15) is 45.9 Å². The molecule has 3 aromatic carbocycles. The molecule has 0 aliphatic rings. The summed E-state index contributed by atoms with van der Waals surface area (Å²) < 4.78 is 43.2. The molecule has 0 spiro atoms. The first-order valence-electron chi connectivity index (χ1n) is 12.2. The molecular weight excluding hydrogens is 504 g/mol. The van der Waals surface area contributed by atoms with Gasteiger partial charge in [0.15, 0.2) is 9.84 Å². The molecule has 0 bridgehead atoms. The van der Waals surface area contributed by atoms with Crippen molar-refractivity contribution in [3.63, 3.8) is 0 Å². The predicted molar refractivity (Wildman–Crippen MR) is 144 cm³/mol. The van der Waals surface area contributed by atoms with E-state index in [4.69, 9.17) is 13.9 Å². The Kier molecular flexibility index (Phi) is 8.12. The van der Waals surface area contributed by atoms with Crippen LogP contribution in [0.25, 0.3) is 22.5 Å². The number of rotatable bonds is 9. The van der Waals surface area contributed by atoms with Gasteiger partial charge < -0.3 is 13.9 Å². The van der Waals surface area contributed by atoms with E-state index in [2.05, 4.69) is 0 Å². The predicted octanol–water partition coefficient (Wildman–Crippen LogP) is 6.25. The summed E-state index contributed by atoms with van der Waals surface area (Å²) >= 11 is 0. The van der Waals surface area contributed by atoms with E-state index < -0.39 is 27.5 Å². The molecule has 0 atom stereocenters. The number of ether oxygens (including phenoxy) is 2. The van der Waals surface area contributed by atoms with E-state index in [1.807, 2.05) is 49.4 Å². The molecule has 0 N–H and O–H groups in total. The maximum atomic E-state index is 13.5. The summed E-state index contributed by atoms with van der Waals surface area (Å²) in [5, 5.41) is 0. The van der Waals surface area contributed by atoms with Crippen molar-refractivity contribution in [2.24, 2.45) is 0 Å². The van der Waals surface area contributed by atoms with Crippen LogP contribution < -0.4 is 0 Å². The van der Waals surface area contributed by atoms with Crippen molar-refractivity contribution in [1.82, 2.24) is 0 Å². The fraction of sp³-hybridized carbons (Fsp3) is 0.200. The van der Waals surface area contributed by atoms with E-state index in [9.17, 15) is 18.0 Å². The smallest absolute Gasteiger partial charge is 0.375 e. The highest BCUT2D eigenvalue weighted by Gasteiger charge is 2.34. The van der Waals surface area contributed by atoms with Gasteiger partial charge in [-0.25, -0.2) is 18.0 Å². The molecule has 0 aliphatic carbocycles. The molecule has 4 aromatic rings. The molecule has 0 aliphatic heterocycles. The molecule has 1 aromatic heterocycles. The van der Waals surface area contributed by atoms with E-state index in [0.29, 0.717) is 5.56 Å².